The van der Waals surface area contributed by atoms with Crippen LogP contribution in [0.15, 0.2) is 34.5 Å². The molecule has 2 N–H and O–H groups in total. The number of nitrogens with one attached hydrogen (secondary N) is 1. The van der Waals surface area contributed by atoms with Crippen LogP contribution in [-0.2, 0) is 10.0 Å². The van der Waals surface area contributed by atoms with Gasteiger partial charge in [0.15, 0.2) is 0 Å². The van der Waals surface area contributed by atoms with Crippen LogP contribution in [0.1, 0.15) is 20.8 Å². The molecule has 0 fully saturated rings. The quantitative estimate of drug-likeness (QED) is 0.755. The Morgan fingerprint density at radius 2 is 1.86 bits per heavy atom. The van der Waals surface area contributed by atoms with E-state index in [-0.39, 0.29) is 15.5 Å². The Balaban J connectivity index is 0.00000116. The number of carboxylic acids is 1. The summed E-state index contributed by atoms with van der Waals surface area (Å²) in [7, 11) is -3.80. The number of carbonyl (C=O) groups is 1. The molecule has 0 spiro atoms. The average Bonchev–Trinajstić information content (AvgIpc) is 2.91. The number of benzene rings is 1. The van der Waals surface area contributed by atoms with Crippen molar-refractivity contribution in [2.24, 2.45) is 0 Å². The Morgan fingerprint density at radius 3 is 2.45 bits per heavy atom. The molecule has 2 rings (SSSR count). The summed E-state index contributed by atoms with van der Waals surface area (Å²) in [5.41, 5.74) is 1.59. The molecule has 1 aromatic heterocycles. The van der Waals surface area contributed by atoms with Crippen LogP contribution in [0.3, 0.4) is 0 Å². The van der Waals surface area contributed by atoms with Crippen molar-refractivity contribution >= 4 is 48.9 Å². The van der Waals surface area contributed by atoms with Crippen LogP contribution in [0, 0.1) is 13.8 Å². The van der Waals surface area contributed by atoms with Gasteiger partial charge in [0.2, 0.25) is 0 Å². The van der Waals surface area contributed by atoms with Gasteiger partial charge in [-0.25, -0.2) is 13.2 Å². The summed E-state index contributed by atoms with van der Waals surface area (Å²) in [6.45, 7) is 3.54. The van der Waals surface area contributed by atoms with Gasteiger partial charge in [0.1, 0.15) is 4.88 Å². The van der Waals surface area contributed by atoms with Crippen molar-refractivity contribution in [3.05, 3.63) is 45.6 Å². The summed E-state index contributed by atoms with van der Waals surface area (Å²) in [5, 5.41) is 10.5. The number of anilines is 1. The van der Waals surface area contributed by atoms with Crippen LogP contribution in [-0.4, -0.2) is 25.3 Å². The molecular formula is C14H16BrNO4S2. The SMILES string of the molecule is CBr.Cc1cccc(S(=O)(=O)Nc2ccsc2C(=O)O)c1C. The molecule has 0 unspecified atom stereocenters. The number of alkyl halides is 1. The summed E-state index contributed by atoms with van der Waals surface area (Å²) in [4.78, 5) is 11.1. The van der Waals surface area contributed by atoms with Gasteiger partial charge in [-0.05, 0) is 48.3 Å². The normalized spacial score (nSPS) is 10.5. The molecule has 1 heterocycles. The van der Waals surface area contributed by atoms with E-state index in [1.165, 1.54) is 17.5 Å². The number of halogens is 1. The lowest BCUT2D eigenvalue weighted by Gasteiger charge is -2.11. The zero-order valence-electron chi connectivity index (χ0n) is 12.3. The van der Waals surface area contributed by atoms with Crippen LogP contribution in [0.5, 0.6) is 0 Å². The second kappa shape index (κ2) is 7.75. The first-order valence-corrected chi connectivity index (χ1v) is 10.1. The van der Waals surface area contributed by atoms with E-state index in [9.17, 15) is 13.2 Å². The number of hydrogen-bond donors (Lipinski definition) is 2. The molecule has 22 heavy (non-hydrogen) atoms. The second-order valence-corrected chi connectivity index (χ2v) is 6.84. The van der Waals surface area contributed by atoms with Crippen LogP contribution in [0.4, 0.5) is 5.69 Å². The largest absolute Gasteiger partial charge is 0.477 e. The molecule has 8 heteroatoms. The van der Waals surface area contributed by atoms with Gasteiger partial charge < -0.3 is 5.11 Å². The topological polar surface area (TPSA) is 83.5 Å². The summed E-state index contributed by atoms with van der Waals surface area (Å²) < 4.78 is 27.0. The van der Waals surface area contributed by atoms with Gasteiger partial charge in [-0.1, -0.05) is 28.1 Å². The van der Waals surface area contributed by atoms with Crippen molar-refractivity contribution in [2.75, 3.05) is 10.6 Å². The standard InChI is InChI=1S/C13H13NO4S2.CH3Br/c1-8-4-3-5-11(9(8)2)20(17,18)14-10-6-7-19-12(10)13(15)16;1-2/h3-7,14H,1-2H3,(H,15,16);1H3. The van der Waals surface area contributed by atoms with E-state index in [1.54, 1.807) is 13.0 Å². The third-order valence-corrected chi connectivity index (χ3v) is 5.36. The summed E-state index contributed by atoms with van der Waals surface area (Å²) in [5.74, 6) is 0.658. The molecule has 5 nitrogen and oxygen atoms in total. The van der Waals surface area contributed by atoms with E-state index >= 15 is 0 Å². The Labute approximate surface area is 142 Å². The van der Waals surface area contributed by atoms with Crippen molar-refractivity contribution in [2.45, 2.75) is 18.7 Å². The molecule has 0 bridgehead atoms. The van der Waals surface area contributed by atoms with Crippen LogP contribution < -0.4 is 4.72 Å². The van der Waals surface area contributed by atoms with Gasteiger partial charge >= 0.3 is 5.97 Å². The van der Waals surface area contributed by atoms with Crippen molar-refractivity contribution in [3.63, 3.8) is 0 Å². The highest BCUT2D eigenvalue weighted by molar-refractivity contribution is 9.08. The van der Waals surface area contributed by atoms with E-state index in [1.807, 2.05) is 18.8 Å². The fourth-order valence-corrected chi connectivity index (χ4v) is 3.91. The number of rotatable bonds is 4. The van der Waals surface area contributed by atoms with Crippen molar-refractivity contribution < 1.29 is 18.3 Å². The lowest BCUT2D eigenvalue weighted by atomic mass is 10.1. The predicted octanol–water partition coefficient (Wildman–Crippen LogP) is 3.88. The molecule has 0 atom stereocenters. The lowest BCUT2D eigenvalue weighted by Crippen LogP contribution is -2.15. The van der Waals surface area contributed by atoms with Crippen molar-refractivity contribution in [3.8, 4) is 0 Å². The van der Waals surface area contributed by atoms with Crippen molar-refractivity contribution in [1.82, 2.24) is 0 Å². The van der Waals surface area contributed by atoms with Crippen LogP contribution >= 0.6 is 27.3 Å². The minimum atomic E-state index is -3.80. The smallest absolute Gasteiger partial charge is 0.348 e. The fraction of sp³-hybridized carbons (Fsp3) is 0.214. The molecule has 0 aliphatic heterocycles. The number of hydrogen-bond acceptors (Lipinski definition) is 4. The zero-order valence-corrected chi connectivity index (χ0v) is 15.5. The first kappa shape index (κ1) is 18.7. The number of thiophene rings is 1. The fourth-order valence-electron chi connectivity index (χ4n) is 1.77. The Hall–Kier alpha value is -1.38. The third kappa shape index (κ3) is 4.08. The van der Waals surface area contributed by atoms with E-state index in [4.69, 9.17) is 5.11 Å². The monoisotopic (exact) mass is 405 g/mol. The van der Waals surface area contributed by atoms with Gasteiger partial charge in [-0.3, -0.25) is 4.72 Å². The second-order valence-electron chi connectivity index (χ2n) is 4.27. The maximum Gasteiger partial charge on any atom is 0.348 e. The Morgan fingerprint density at radius 1 is 1.23 bits per heavy atom. The Kier molecular flexibility index (Phi) is 6.58. The molecule has 0 amide bonds. The molecule has 120 valence electrons. The molecule has 0 saturated heterocycles. The van der Waals surface area contributed by atoms with Gasteiger partial charge in [0, 0.05) is 0 Å². The molecular weight excluding hydrogens is 390 g/mol. The molecule has 0 saturated carbocycles. The molecule has 0 aliphatic carbocycles. The molecule has 1 aromatic carbocycles. The minimum absolute atomic E-state index is 0.0288. The average molecular weight is 406 g/mol. The highest BCUT2D eigenvalue weighted by Crippen LogP contribution is 2.26. The van der Waals surface area contributed by atoms with Gasteiger partial charge in [-0.15, -0.1) is 11.3 Å². The maximum absolute atomic E-state index is 12.3. The first-order valence-electron chi connectivity index (χ1n) is 6.10. The number of carboxylic acid groups (broad SMARTS) is 1. The van der Waals surface area contributed by atoms with Gasteiger partial charge in [-0.2, -0.15) is 0 Å². The molecule has 0 radical (unpaired) electrons. The highest BCUT2D eigenvalue weighted by Gasteiger charge is 2.21. The number of aromatic carboxylic acids is 1. The summed E-state index contributed by atoms with van der Waals surface area (Å²) >= 11 is 3.91. The maximum atomic E-state index is 12.3. The highest BCUT2D eigenvalue weighted by atomic mass is 79.9. The molecule has 2 aromatic rings. The van der Waals surface area contributed by atoms with Crippen LogP contribution in [0.25, 0.3) is 0 Å². The number of aryl methyl sites for hydroxylation is 1. The molecule has 0 aliphatic rings. The third-order valence-electron chi connectivity index (χ3n) is 2.95. The van der Waals surface area contributed by atoms with E-state index in [0.717, 1.165) is 16.9 Å². The lowest BCUT2D eigenvalue weighted by molar-refractivity contribution is 0.0703. The van der Waals surface area contributed by atoms with Crippen LogP contribution in [0.2, 0.25) is 0 Å². The van der Waals surface area contributed by atoms with E-state index in [2.05, 4.69) is 20.7 Å². The summed E-state index contributed by atoms with van der Waals surface area (Å²) in [6.07, 6.45) is 0. The zero-order chi connectivity index (χ0) is 16.9. The Bertz CT molecular complexity index is 769. The van der Waals surface area contributed by atoms with E-state index < -0.39 is 16.0 Å². The van der Waals surface area contributed by atoms with E-state index in [0.29, 0.717) is 5.56 Å². The number of sulfonamides is 1. The predicted molar refractivity (Wildman–Crippen MR) is 92.9 cm³/mol. The summed E-state index contributed by atoms with van der Waals surface area (Å²) in [6, 6.07) is 6.42. The first-order chi connectivity index (χ1) is 10.3. The van der Waals surface area contributed by atoms with Crippen molar-refractivity contribution in [1.29, 1.82) is 0 Å². The minimum Gasteiger partial charge on any atom is -0.477 e. The van der Waals surface area contributed by atoms with Gasteiger partial charge in [0.25, 0.3) is 10.0 Å². The van der Waals surface area contributed by atoms with Gasteiger partial charge in [0.05, 0.1) is 10.6 Å².